The number of hydrogen-bond donors (Lipinski definition) is 3. The van der Waals surface area contributed by atoms with Crippen LogP contribution < -0.4 is 26.2 Å². The molecule has 0 bridgehead atoms. The van der Waals surface area contributed by atoms with E-state index in [0.717, 1.165) is 92.7 Å². The van der Waals surface area contributed by atoms with Crippen LogP contribution in [0.1, 0.15) is 83.8 Å². The Morgan fingerprint density at radius 3 is 2.54 bits per heavy atom. The molecule has 0 radical (unpaired) electrons. The number of nitrogens with one attached hydrogen (secondary N) is 2. The minimum absolute atomic E-state index is 0.0154. The molecule has 2 aromatic heterocycles. The van der Waals surface area contributed by atoms with Gasteiger partial charge in [0, 0.05) is 87.8 Å². The Balaban J connectivity index is 0.803. The molecule has 4 aromatic rings. The van der Waals surface area contributed by atoms with Crippen LogP contribution in [-0.2, 0) is 16.1 Å². The van der Waals surface area contributed by atoms with Gasteiger partial charge < -0.3 is 30.7 Å². The second kappa shape index (κ2) is 15.4. The third-order valence-electron chi connectivity index (χ3n) is 12.4. The average molecular weight is 778 g/mol. The molecule has 0 spiro atoms. The Labute approximate surface area is 329 Å². The van der Waals surface area contributed by atoms with Crippen LogP contribution in [0.15, 0.2) is 48.8 Å². The molecule has 298 valence electrons. The van der Waals surface area contributed by atoms with Crippen molar-refractivity contribution in [2.45, 2.75) is 76.2 Å². The van der Waals surface area contributed by atoms with Gasteiger partial charge in [0.1, 0.15) is 17.9 Å². The molecule has 0 aliphatic carbocycles. The number of amides is 4. The van der Waals surface area contributed by atoms with Crippen molar-refractivity contribution in [3.8, 4) is 0 Å². The monoisotopic (exact) mass is 777 g/mol. The predicted molar refractivity (Wildman–Crippen MR) is 213 cm³/mol. The highest BCUT2D eigenvalue weighted by Gasteiger charge is 2.39. The quantitative estimate of drug-likeness (QED) is 0.221. The number of benzene rings is 2. The first kappa shape index (κ1) is 37.0. The van der Waals surface area contributed by atoms with E-state index in [0.29, 0.717) is 43.1 Å². The van der Waals surface area contributed by atoms with Gasteiger partial charge in [0.15, 0.2) is 0 Å². The number of hydrogen-bond acceptors (Lipinski definition) is 11. The van der Waals surface area contributed by atoms with Gasteiger partial charge in [-0.05, 0) is 86.8 Å². The van der Waals surface area contributed by atoms with Crippen LogP contribution in [0.5, 0.6) is 0 Å². The number of likely N-dealkylation sites (tertiary alicyclic amines) is 1. The van der Waals surface area contributed by atoms with E-state index in [1.807, 2.05) is 29.2 Å². The molecule has 57 heavy (non-hydrogen) atoms. The molecule has 2 atom stereocenters. The number of carbonyl (C=O) groups excluding carboxylic acids is 4. The maximum Gasteiger partial charge on any atom is 0.274 e. The number of nitrogens with two attached hydrogens (primary N) is 1. The van der Waals surface area contributed by atoms with Crippen LogP contribution in [0.2, 0.25) is 0 Å². The molecule has 15 nitrogen and oxygen atoms in total. The molecule has 4 N–H and O–H groups in total. The summed E-state index contributed by atoms with van der Waals surface area (Å²) in [6.07, 6.45) is 8.53. The highest BCUT2D eigenvalue weighted by Crippen LogP contribution is 2.36. The first-order valence-corrected chi connectivity index (χ1v) is 20.2. The molecular weight excluding hydrogens is 730 g/mol. The summed E-state index contributed by atoms with van der Waals surface area (Å²) >= 11 is 0. The van der Waals surface area contributed by atoms with E-state index in [-0.39, 0.29) is 48.4 Å². The normalized spacial score (nSPS) is 22.6. The van der Waals surface area contributed by atoms with Crippen LogP contribution in [0.3, 0.4) is 0 Å². The number of aromatic nitrogens is 4. The van der Waals surface area contributed by atoms with E-state index in [4.69, 9.17) is 10.8 Å². The van der Waals surface area contributed by atoms with E-state index in [9.17, 15) is 23.6 Å². The molecule has 4 fully saturated rings. The molecule has 5 aliphatic heterocycles. The maximum absolute atomic E-state index is 14.6. The standard InChI is InChI=1S/C41H48FN11O4/c42-28-2-1-13-51(24-28)36-20-33-27(18-34(36)45-38(55)32-7-12-44-41(43)46-32)23-53(48-33)29-10-14-49(15-11-29)21-25-8-16-50(17-9-25)30-4-3-26-22-52(40(57)31(26)19-30)35-5-6-37(54)47-39(35)56/h3-4,7,12,18-20,23,25,28-29,35H,1-2,5-6,8-11,13-17,21-22,24H2,(H,45,55)(H2,43,44,46)(H,47,54,56). The largest absolute Gasteiger partial charge is 0.371 e. The van der Waals surface area contributed by atoms with Gasteiger partial charge in [-0.3, -0.25) is 29.2 Å². The molecule has 2 aromatic carbocycles. The zero-order chi connectivity index (χ0) is 39.2. The SMILES string of the molecule is Nc1nccc(C(=O)Nc2cc3cn(C4CCN(CC5CCN(c6ccc7c(c6)C(=O)N(C6CCC(=O)NC6=O)C7)CC5)CC4)nc3cc2N2CCCC(F)C2)n1. The second-order valence-corrected chi connectivity index (χ2v) is 16.2. The lowest BCUT2D eigenvalue weighted by Crippen LogP contribution is -2.52. The second-order valence-electron chi connectivity index (χ2n) is 16.2. The zero-order valence-corrected chi connectivity index (χ0v) is 31.9. The Bertz CT molecular complexity index is 2210. The third-order valence-corrected chi connectivity index (χ3v) is 12.4. The minimum Gasteiger partial charge on any atom is -0.371 e. The Hall–Kier alpha value is -5.64. The van der Waals surface area contributed by atoms with Crippen LogP contribution in [0.25, 0.3) is 10.9 Å². The average Bonchev–Trinajstić information content (AvgIpc) is 3.78. The fraction of sp³-hybridized carbons (Fsp3) is 0.488. The Morgan fingerprint density at radius 2 is 1.77 bits per heavy atom. The lowest BCUT2D eigenvalue weighted by atomic mass is 9.94. The lowest BCUT2D eigenvalue weighted by molar-refractivity contribution is -0.136. The van der Waals surface area contributed by atoms with Crippen molar-refractivity contribution < 1.29 is 23.6 Å². The maximum atomic E-state index is 14.6. The molecule has 16 heteroatoms. The molecule has 4 amide bonds. The fourth-order valence-electron chi connectivity index (χ4n) is 9.30. The van der Waals surface area contributed by atoms with Gasteiger partial charge in [0.2, 0.25) is 17.8 Å². The van der Waals surface area contributed by atoms with E-state index in [2.05, 4.69) is 47.3 Å². The number of halogens is 1. The minimum atomic E-state index is -0.937. The van der Waals surface area contributed by atoms with Crippen LogP contribution >= 0.6 is 0 Å². The van der Waals surface area contributed by atoms with Crippen LogP contribution in [0, 0.1) is 5.92 Å². The number of nitrogen functional groups attached to an aromatic ring is 1. The highest BCUT2D eigenvalue weighted by molar-refractivity contribution is 6.07. The number of imide groups is 1. The predicted octanol–water partition coefficient (Wildman–Crippen LogP) is 3.91. The third kappa shape index (κ3) is 7.62. The first-order chi connectivity index (χ1) is 27.6. The lowest BCUT2D eigenvalue weighted by Gasteiger charge is -2.38. The molecule has 4 saturated heterocycles. The molecule has 0 saturated carbocycles. The van der Waals surface area contributed by atoms with Crippen molar-refractivity contribution in [2.24, 2.45) is 5.92 Å². The van der Waals surface area contributed by atoms with E-state index in [1.165, 1.54) is 12.3 Å². The number of rotatable bonds is 8. The summed E-state index contributed by atoms with van der Waals surface area (Å²) in [6, 6.07) is 11.1. The van der Waals surface area contributed by atoms with Gasteiger partial charge >= 0.3 is 0 Å². The van der Waals surface area contributed by atoms with Crippen LogP contribution in [0.4, 0.5) is 27.4 Å². The summed E-state index contributed by atoms with van der Waals surface area (Å²) in [5.74, 6) is -0.617. The Morgan fingerprint density at radius 1 is 0.947 bits per heavy atom. The molecule has 9 rings (SSSR count). The van der Waals surface area contributed by atoms with Gasteiger partial charge in [-0.15, -0.1) is 0 Å². The summed E-state index contributed by atoms with van der Waals surface area (Å²) in [5.41, 5.74) is 10.6. The summed E-state index contributed by atoms with van der Waals surface area (Å²) in [7, 11) is 0. The summed E-state index contributed by atoms with van der Waals surface area (Å²) < 4.78 is 16.6. The molecule has 2 unspecified atom stereocenters. The van der Waals surface area contributed by atoms with Gasteiger partial charge in [-0.25, -0.2) is 14.4 Å². The molecule has 7 heterocycles. The van der Waals surface area contributed by atoms with E-state index >= 15 is 0 Å². The van der Waals surface area contributed by atoms with Crippen LogP contribution in [-0.4, -0.2) is 111 Å². The van der Waals surface area contributed by atoms with Crippen molar-refractivity contribution in [3.05, 3.63) is 65.6 Å². The smallest absolute Gasteiger partial charge is 0.274 e. The number of nitrogens with zero attached hydrogens (tertiary/aromatic N) is 8. The summed E-state index contributed by atoms with van der Waals surface area (Å²) in [6.45, 7) is 6.21. The number of anilines is 4. The molecular formula is C41H48FN11O4. The van der Waals surface area contributed by atoms with Gasteiger partial charge in [0.25, 0.3) is 11.8 Å². The van der Waals surface area contributed by atoms with E-state index < -0.39 is 18.1 Å². The van der Waals surface area contributed by atoms with E-state index in [1.54, 1.807) is 4.90 Å². The summed E-state index contributed by atoms with van der Waals surface area (Å²) in [5, 5.41) is 11.3. The number of carbonyl (C=O) groups is 4. The van der Waals surface area contributed by atoms with Gasteiger partial charge in [-0.1, -0.05) is 6.07 Å². The molecule has 5 aliphatic rings. The fourth-order valence-corrected chi connectivity index (χ4v) is 9.30. The zero-order valence-electron chi connectivity index (χ0n) is 31.9. The van der Waals surface area contributed by atoms with Gasteiger partial charge in [0.05, 0.1) is 22.9 Å². The van der Waals surface area contributed by atoms with Crippen molar-refractivity contribution in [2.75, 3.05) is 66.7 Å². The van der Waals surface area contributed by atoms with Crippen molar-refractivity contribution >= 4 is 57.5 Å². The number of piperidine rings is 4. The number of fused-ring (bicyclic) bond motifs is 2. The van der Waals surface area contributed by atoms with Gasteiger partial charge in [-0.2, -0.15) is 5.10 Å². The first-order valence-electron chi connectivity index (χ1n) is 20.2. The Kier molecular flexibility index (Phi) is 9.97. The van der Waals surface area contributed by atoms with Crippen molar-refractivity contribution in [3.63, 3.8) is 0 Å². The highest BCUT2D eigenvalue weighted by atomic mass is 19.1. The van der Waals surface area contributed by atoms with Crippen molar-refractivity contribution in [1.82, 2.24) is 34.9 Å². The topological polar surface area (TPSA) is 175 Å². The summed E-state index contributed by atoms with van der Waals surface area (Å²) in [4.78, 5) is 67.2. The number of alkyl halides is 1. The van der Waals surface area contributed by atoms with Crippen molar-refractivity contribution in [1.29, 1.82) is 0 Å².